The minimum absolute atomic E-state index is 0.117. The second kappa shape index (κ2) is 8.67. The highest BCUT2D eigenvalue weighted by molar-refractivity contribution is 7.99. The molecule has 2 heterocycles. The molecule has 160 valence electrons. The first-order chi connectivity index (χ1) is 14.8. The van der Waals surface area contributed by atoms with Gasteiger partial charge in [-0.25, -0.2) is 0 Å². The summed E-state index contributed by atoms with van der Waals surface area (Å²) in [7, 11) is 0. The van der Waals surface area contributed by atoms with Crippen LogP contribution in [0.2, 0.25) is 0 Å². The zero-order valence-corrected chi connectivity index (χ0v) is 19.2. The summed E-state index contributed by atoms with van der Waals surface area (Å²) in [6, 6.07) is 13.8. The SMILES string of the molecule is CC(=O)N1c2ccccc2-c2nnc(SCC(C)C)nc2O[C@@H]1c1cc(C)ccc1C. The van der Waals surface area contributed by atoms with Crippen LogP contribution in [-0.2, 0) is 4.79 Å². The molecule has 0 saturated carbocycles. The molecule has 0 saturated heterocycles. The average Bonchev–Trinajstić information content (AvgIpc) is 2.88. The van der Waals surface area contributed by atoms with E-state index in [4.69, 9.17) is 9.72 Å². The first-order valence-corrected chi connectivity index (χ1v) is 11.3. The van der Waals surface area contributed by atoms with Crippen LogP contribution in [0, 0.1) is 19.8 Å². The molecule has 0 radical (unpaired) electrons. The van der Waals surface area contributed by atoms with Crippen LogP contribution in [0.1, 0.15) is 43.7 Å². The second-order valence-electron chi connectivity index (χ2n) is 8.19. The molecule has 0 aliphatic carbocycles. The van der Waals surface area contributed by atoms with Crippen LogP contribution >= 0.6 is 11.8 Å². The zero-order valence-electron chi connectivity index (χ0n) is 18.4. The second-order valence-corrected chi connectivity index (χ2v) is 9.18. The van der Waals surface area contributed by atoms with Crippen LogP contribution < -0.4 is 9.64 Å². The zero-order chi connectivity index (χ0) is 22.1. The molecule has 0 spiro atoms. The lowest BCUT2D eigenvalue weighted by Gasteiger charge is -2.31. The third-order valence-corrected chi connectivity index (χ3v) is 6.36. The highest BCUT2D eigenvalue weighted by Gasteiger charge is 2.35. The number of rotatable bonds is 4. The van der Waals surface area contributed by atoms with Gasteiger partial charge in [0.1, 0.15) is 0 Å². The Balaban J connectivity index is 1.91. The Bertz CT molecular complexity index is 1130. The van der Waals surface area contributed by atoms with Crippen LogP contribution in [0.3, 0.4) is 0 Å². The summed E-state index contributed by atoms with van der Waals surface area (Å²) in [6.45, 7) is 9.91. The van der Waals surface area contributed by atoms with Gasteiger partial charge in [0.2, 0.25) is 23.2 Å². The van der Waals surface area contributed by atoms with Crippen molar-refractivity contribution in [1.29, 1.82) is 0 Å². The standard InChI is InChI=1S/C24H26N4O2S/c1-14(2)13-31-24-25-22-21(26-27-24)18-8-6-7-9-20(18)28(17(5)29)23(30-22)19-12-15(3)10-11-16(19)4/h6-12,14,23H,13H2,1-5H3/t23-/m1/s1. The molecule has 4 rings (SSSR count). The molecular formula is C24H26N4O2S. The fraction of sp³-hybridized carbons (Fsp3) is 0.333. The van der Waals surface area contributed by atoms with Gasteiger partial charge in [-0.1, -0.05) is 67.6 Å². The number of para-hydroxylation sites is 1. The van der Waals surface area contributed by atoms with Crippen LogP contribution in [0.25, 0.3) is 11.3 Å². The summed E-state index contributed by atoms with van der Waals surface area (Å²) in [6.07, 6.45) is -0.653. The van der Waals surface area contributed by atoms with Gasteiger partial charge in [0.05, 0.1) is 5.69 Å². The first-order valence-electron chi connectivity index (χ1n) is 10.4. The molecule has 2 aromatic carbocycles. The van der Waals surface area contributed by atoms with Gasteiger partial charge in [-0.3, -0.25) is 9.69 Å². The Morgan fingerprint density at radius 1 is 1.16 bits per heavy atom. The molecule has 0 N–H and O–H groups in total. The van der Waals surface area contributed by atoms with Crippen molar-refractivity contribution in [3.8, 4) is 17.1 Å². The number of carbonyl (C=O) groups excluding carboxylic acids is 1. The number of nitrogens with zero attached hydrogens (tertiary/aromatic N) is 4. The molecule has 1 atom stereocenters. The maximum atomic E-state index is 12.9. The number of thioether (sulfide) groups is 1. The van der Waals surface area contributed by atoms with Crippen molar-refractivity contribution in [2.75, 3.05) is 10.7 Å². The molecule has 0 bridgehead atoms. The Labute approximate surface area is 187 Å². The number of aromatic nitrogens is 3. The van der Waals surface area contributed by atoms with Crippen molar-refractivity contribution in [2.45, 2.75) is 46.0 Å². The third-order valence-electron chi connectivity index (χ3n) is 5.10. The molecule has 0 fully saturated rings. The quantitative estimate of drug-likeness (QED) is 0.516. The normalized spacial score (nSPS) is 15.2. The fourth-order valence-corrected chi connectivity index (χ4v) is 4.31. The van der Waals surface area contributed by atoms with Gasteiger partial charge < -0.3 is 4.74 Å². The van der Waals surface area contributed by atoms with Crippen LogP contribution in [0.4, 0.5) is 5.69 Å². The maximum Gasteiger partial charge on any atom is 0.247 e. The van der Waals surface area contributed by atoms with E-state index in [1.54, 1.807) is 23.6 Å². The molecule has 3 aromatic rings. The number of carbonyl (C=O) groups is 1. The van der Waals surface area contributed by atoms with Gasteiger partial charge >= 0.3 is 0 Å². The summed E-state index contributed by atoms with van der Waals surface area (Å²) in [5, 5.41) is 9.36. The lowest BCUT2D eigenvalue weighted by molar-refractivity contribution is -0.118. The molecule has 7 heteroatoms. The van der Waals surface area contributed by atoms with E-state index < -0.39 is 6.23 Å². The molecule has 0 unspecified atom stereocenters. The minimum atomic E-state index is -0.653. The van der Waals surface area contributed by atoms with E-state index in [9.17, 15) is 4.79 Å². The van der Waals surface area contributed by atoms with E-state index in [1.165, 1.54) is 0 Å². The van der Waals surface area contributed by atoms with E-state index >= 15 is 0 Å². The summed E-state index contributed by atoms with van der Waals surface area (Å²) < 4.78 is 6.46. The van der Waals surface area contributed by atoms with E-state index in [0.717, 1.165) is 33.7 Å². The molecule has 6 nitrogen and oxygen atoms in total. The lowest BCUT2D eigenvalue weighted by Crippen LogP contribution is -2.36. The largest absolute Gasteiger partial charge is 0.447 e. The smallest absolute Gasteiger partial charge is 0.247 e. The lowest BCUT2D eigenvalue weighted by atomic mass is 10.0. The number of anilines is 1. The summed E-state index contributed by atoms with van der Waals surface area (Å²) >= 11 is 1.55. The molecule has 1 aliphatic heterocycles. The Morgan fingerprint density at radius 3 is 2.68 bits per heavy atom. The van der Waals surface area contributed by atoms with Crippen LogP contribution in [0.15, 0.2) is 47.6 Å². The highest BCUT2D eigenvalue weighted by atomic mass is 32.2. The number of hydrogen-bond donors (Lipinski definition) is 0. The van der Waals surface area contributed by atoms with Crippen molar-refractivity contribution >= 4 is 23.4 Å². The fourth-order valence-electron chi connectivity index (χ4n) is 3.58. The predicted molar refractivity (Wildman–Crippen MR) is 123 cm³/mol. The van der Waals surface area contributed by atoms with E-state index in [0.29, 0.717) is 22.6 Å². The molecule has 31 heavy (non-hydrogen) atoms. The number of ether oxygens (including phenoxy) is 1. The minimum Gasteiger partial charge on any atom is -0.447 e. The molecule has 1 amide bonds. The van der Waals surface area contributed by atoms with Gasteiger partial charge in [-0.15, -0.1) is 10.2 Å². The van der Waals surface area contributed by atoms with Gasteiger partial charge in [0.15, 0.2) is 5.69 Å². The molecule has 1 aliphatic rings. The third kappa shape index (κ3) is 4.28. The highest BCUT2D eigenvalue weighted by Crippen LogP contribution is 2.43. The number of aryl methyl sites for hydroxylation is 2. The Morgan fingerprint density at radius 2 is 1.94 bits per heavy atom. The summed E-state index contributed by atoms with van der Waals surface area (Å²) in [5.74, 6) is 1.67. The van der Waals surface area contributed by atoms with Gasteiger partial charge in [-0.2, -0.15) is 4.98 Å². The maximum absolute atomic E-state index is 12.9. The summed E-state index contributed by atoms with van der Waals surface area (Å²) in [4.78, 5) is 19.3. The van der Waals surface area contributed by atoms with Crippen molar-refractivity contribution in [3.05, 3.63) is 59.2 Å². The van der Waals surface area contributed by atoms with Crippen molar-refractivity contribution in [3.63, 3.8) is 0 Å². The first kappa shape index (κ1) is 21.3. The number of amides is 1. The van der Waals surface area contributed by atoms with Crippen molar-refractivity contribution in [2.24, 2.45) is 5.92 Å². The van der Waals surface area contributed by atoms with Gasteiger partial charge in [0.25, 0.3) is 0 Å². The van der Waals surface area contributed by atoms with Gasteiger partial charge in [-0.05, 0) is 31.4 Å². The topological polar surface area (TPSA) is 68.2 Å². The van der Waals surface area contributed by atoms with Crippen molar-refractivity contribution < 1.29 is 9.53 Å². The van der Waals surface area contributed by atoms with Gasteiger partial charge in [0, 0.05) is 23.8 Å². The predicted octanol–water partition coefficient (Wildman–Crippen LogP) is 5.35. The van der Waals surface area contributed by atoms with Crippen LogP contribution in [0.5, 0.6) is 5.88 Å². The average molecular weight is 435 g/mol. The van der Waals surface area contributed by atoms with E-state index in [1.807, 2.05) is 44.2 Å². The monoisotopic (exact) mass is 434 g/mol. The Hall–Kier alpha value is -2.93. The summed E-state index contributed by atoms with van der Waals surface area (Å²) in [5.41, 5.74) is 5.12. The number of hydrogen-bond acceptors (Lipinski definition) is 6. The van der Waals surface area contributed by atoms with E-state index in [2.05, 4.69) is 36.2 Å². The molecule has 1 aromatic heterocycles. The van der Waals surface area contributed by atoms with Crippen LogP contribution in [-0.4, -0.2) is 26.8 Å². The Kier molecular flexibility index (Phi) is 5.96. The molecular weight excluding hydrogens is 408 g/mol. The van der Waals surface area contributed by atoms with Crippen molar-refractivity contribution in [1.82, 2.24) is 15.2 Å². The van der Waals surface area contributed by atoms with E-state index in [-0.39, 0.29) is 5.91 Å². The number of benzene rings is 2. The number of fused-ring (bicyclic) bond motifs is 3.